The van der Waals surface area contributed by atoms with Gasteiger partial charge in [0.1, 0.15) is 0 Å². The molecular weight excluding hydrogens is 232 g/mol. The van der Waals surface area contributed by atoms with E-state index in [0.29, 0.717) is 6.04 Å². The Morgan fingerprint density at radius 2 is 2.00 bits per heavy atom. The van der Waals surface area contributed by atoms with Gasteiger partial charge in [-0.25, -0.2) is 0 Å². The van der Waals surface area contributed by atoms with Gasteiger partial charge in [0.25, 0.3) is 0 Å². The van der Waals surface area contributed by atoms with E-state index in [2.05, 4.69) is 62.3 Å². The highest BCUT2D eigenvalue weighted by Crippen LogP contribution is 2.38. The summed E-state index contributed by atoms with van der Waals surface area (Å²) in [7, 11) is 2.24. The zero-order valence-corrected chi connectivity index (χ0v) is 12.8. The van der Waals surface area contributed by atoms with Crippen LogP contribution in [0.4, 0.5) is 0 Å². The Labute approximate surface area is 118 Å². The number of hydrogen-bond acceptors (Lipinski definition) is 2. The Morgan fingerprint density at radius 3 is 2.63 bits per heavy atom. The van der Waals surface area contributed by atoms with E-state index >= 15 is 0 Å². The first-order valence-electron chi connectivity index (χ1n) is 7.54. The van der Waals surface area contributed by atoms with Gasteiger partial charge in [-0.1, -0.05) is 45.0 Å². The Kier molecular flexibility index (Phi) is 5.00. The number of nitrogens with one attached hydrogen (secondary N) is 1. The van der Waals surface area contributed by atoms with Crippen LogP contribution in [0.25, 0.3) is 0 Å². The fourth-order valence-corrected chi connectivity index (χ4v) is 2.59. The van der Waals surface area contributed by atoms with Gasteiger partial charge < -0.3 is 10.2 Å². The lowest BCUT2D eigenvalue weighted by atomic mass is 10.1. The molecule has 2 nitrogen and oxygen atoms in total. The topological polar surface area (TPSA) is 15.3 Å². The van der Waals surface area contributed by atoms with Crippen molar-refractivity contribution in [2.24, 2.45) is 11.8 Å². The molecule has 1 fully saturated rings. The maximum atomic E-state index is 3.48. The van der Waals surface area contributed by atoms with Gasteiger partial charge in [-0.3, -0.25) is 0 Å². The molecular formula is C17H28N2. The molecule has 106 valence electrons. The number of hydrogen-bond donors (Lipinski definition) is 1. The van der Waals surface area contributed by atoms with Gasteiger partial charge in [-0.15, -0.1) is 0 Å². The van der Waals surface area contributed by atoms with E-state index in [9.17, 15) is 0 Å². The molecule has 0 aliphatic heterocycles. The third-order valence-electron chi connectivity index (χ3n) is 3.98. The predicted molar refractivity (Wildman–Crippen MR) is 82.0 cm³/mol. The molecule has 1 aromatic rings. The number of nitrogens with zero attached hydrogens (tertiary/aromatic N) is 1. The third-order valence-corrected chi connectivity index (χ3v) is 3.98. The molecule has 2 rings (SSSR count). The fourth-order valence-electron chi connectivity index (χ4n) is 2.59. The fraction of sp³-hybridized carbons (Fsp3) is 0.647. The van der Waals surface area contributed by atoms with Crippen LogP contribution in [-0.2, 0) is 13.1 Å². The average Bonchev–Trinajstić information content (AvgIpc) is 3.02. The Bertz CT molecular complexity index is 400. The van der Waals surface area contributed by atoms with E-state index in [-0.39, 0.29) is 0 Å². The zero-order chi connectivity index (χ0) is 13.8. The molecule has 1 saturated carbocycles. The highest BCUT2D eigenvalue weighted by molar-refractivity contribution is 5.23. The summed E-state index contributed by atoms with van der Waals surface area (Å²) >= 11 is 0. The smallest absolute Gasteiger partial charge is 0.0230 e. The van der Waals surface area contributed by atoms with E-state index in [1.54, 1.807) is 0 Å². The van der Waals surface area contributed by atoms with Gasteiger partial charge in [-0.05, 0) is 36.4 Å². The molecule has 1 N–H and O–H groups in total. The van der Waals surface area contributed by atoms with Crippen LogP contribution >= 0.6 is 0 Å². The van der Waals surface area contributed by atoms with Crippen molar-refractivity contribution in [3.8, 4) is 0 Å². The zero-order valence-electron chi connectivity index (χ0n) is 12.8. The second-order valence-electron chi connectivity index (χ2n) is 6.53. The number of benzene rings is 1. The van der Waals surface area contributed by atoms with Crippen molar-refractivity contribution < 1.29 is 0 Å². The van der Waals surface area contributed by atoms with Crippen LogP contribution in [0.1, 0.15) is 38.3 Å². The van der Waals surface area contributed by atoms with Gasteiger partial charge in [0.05, 0.1) is 0 Å². The van der Waals surface area contributed by atoms with E-state index in [1.165, 1.54) is 24.1 Å². The van der Waals surface area contributed by atoms with E-state index in [0.717, 1.165) is 24.9 Å². The second kappa shape index (κ2) is 6.53. The average molecular weight is 260 g/mol. The van der Waals surface area contributed by atoms with Gasteiger partial charge in [0, 0.05) is 25.7 Å². The second-order valence-corrected chi connectivity index (χ2v) is 6.53. The highest BCUT2D eigenvalue weighted by atomic mass is 15.1. The monoisotopic (exact) mass is 260 g/mol. The van der Waals surface area contributed by atoms with Crippen molar-refractivity contribution in [3.05, 3.63) is 35.4 Å². The first kappa shape index (κ1) is 14.5. The van der Waals surface area contributed by atoms with E-state index in [4.69, 9.17) is 0 Å². The molecule has 0 amide bonds. The summed E-state index contributed by atoms with van der Waals surface area (Å²) in [5, 5.41) is 3.48. The minimum Gasteiger partial charge on any atom is -0.310 e. The molecule has 1 aliphatic rings. The molecule has 1 aliphatic carbocycles. The molecule has 0 heterocycles. The van der Waals surface area contributed by atoms with Gasteiger partial charge in [0.2, 0.25) is 0 Å². The predicted octanol–water partition coefficient (Wildman–Crippen LogP) is 3.27. The van der Waals surface area contributed by atoms with Crippen LogP contribution in [0.15, 0.2) is 24.3 Å². The lowest BCUT2D eigenvalue weighted by molar-refractivity contribution is 0.307. The lowest BCUT2D eigenvalue weighted by Gasteiger charge is -2.17. The molecule has 2 atom stereocenters. The van der Waals surface area contributed by atoms with E-state index in [1.807, 2.05) is 0 Å². The normalized spacial score (nSPS) is 22.2. The van der Waals surface area contributed by atoms with Crippen LogP contribution < -0.4 is 5.32 Å². The van der Waals surface area contributed by atoms with Crippen LogP contribution in [0.2, 0.25) is 0 Å². The van der Waals surface area contributed by atoms with E-state index < -0.39 is 0 Å². The van der Waals surface area contributed by atoms with Crippen molar-refractivity contribution in [3.63, 3.8) is 0 Å². The maximum Gasteiger partial charge on any atom is 0.0230 e. The summed E-state index contributed by atoms with van der Waals surface area (Å²) in [6.45, 7) is 10.0. The molecule has 0 saturated heterocycles. The quantitative estimate of drug-likeness (QED) is 0.809. The SMILES string of the molecule is CC(C)NCc1cccc(CN(C)CC2CC2C)c1. The van der Waals surface area contributed by atoms with Crippen LogP contribution in [-0.4, -0.2) is 24.5 Å². The number of rotatable bonds is 7. The highest BCUT2D eigenvalue weighted by Gasteiger charge is 2.32. The van der Waals surface area contributed by atoms with Crippen molar-refractivity contribution >= 4 is 0 Å². The largest absolute Gasteiger partial charge is 0.310 e. The molecule has 0 aromatic heterocycles. The molecule has 0 spiro atoms. The van der Waals surface area contributed by atoms with Crippen molar-refractivity contribution in [2.45, 2.75) is 46.3 Å². The van der Waals surface area contributed by atoms with Gasteiger partial charge in [0.15, 0.2) is 0 Å². The van der Waals surface area contributed by atoms with Crippen molar-refractivity contribution in [1.82, 2.24) is 10.2 Å². The van der Waals surface area contributed by atoms with Crippen LogP contribution in [0.5, 0.6) is 0 Å². The molecule has 2 heteroatoms. The first-order valence-corrected chi connectivity index (χ1v) is 7.54. The van der Waals surface area contributed by atoms with Gasteiger partial charge in [-0.2, -0.15) is 0 Å². The maximum absolute atomic E-state index is 3.48. The van der Waals surface area contributed by atoms with Crippen LogP contribution in [0, 0.1) is 11.8 Å². The minimum absolute atomic E-state index is 0.544. The van der Waals surface area contributed by atoms with Crippen molar-refractivity contribution in [2.75, 3.05) is 13.6 Å². The first-order chi connectivity index (χ1) is 9.04. The Hall–Kier alpha value is -0.860. The van der Waals surface area contributed by atoms with Gasteiger partial charge >= 0.3 is 0 Å². The summed E-state index contributed by atoms with van der Waals surface area (Å²) in [6, 6.07) is 9.51. The molecule has 0 radical (unpaired) electrons. The molecule has 2 unspecified atom stereocenters. The molecule has 0 bridgehead atoms. The summed E-state index contributed by atoms with van der Waals surface area (Å²) in [5.74, 6) is 1.89. The molecule has 19 heavy (non-hydrogen) atoms. The summed E-state index contributed by atoms with van der Waals surface area (Å²) in [6.07, 6.45) is 1.42. The van der Waals surface area contributed by atoms with Crippen molar-refractivity contribution in [1.29, 1.82) is 0 Å². The minimum atomic E-state index is 0.544. The lowest BCUT2D eigenvalue weighted by Crippen LogP contribution is -2.22. The Morgan fingerprint density at radius 1 is 1.32 bits per heavy atom. The summed E-state index contributed by atoms with van der Waals surface area (Å²) < 4.78 is 0. The third kappa shape index (κ3) is 4.96. The van der Waals surface area contributed by atoms with Crippen LogP contribution in [0.3, 0.4) is 0 Å². The summed E-state index contributed by atoms with van der Waals surface area (Å²) in [4.78, 5) is 2.46. The standard InChI is InChI=1S/C17H28N2/c1-13(2)18-10-15-6-5-7-16(9-15)11-19(4)12-17-8-14(17)3/h5-7,9,13-14,17-18H,8,10-12H2,1-4H3. The Balaban J connectivity index is 1.83. The summed E-state index contributed by atoms with van der Waals surface area (Å²) in [5.41, 5.74) is 2.82. The molecule has 1 aromatic carbocycles.